The number of fused-ring (bicyclic) bond motifs is 1. The third kappa shape index (κ3) is 3.41. The number of aromatic nitrogens is 2. The van der Waals surface area contributed by atoms with Gasteiger partial charge in [0.25, 0.3) is 14.4 Å². The molecule has 11 heteroatoms. The summed E-state index contributed by atoms with van der Waals surface area (Å²) in [5.41, 5.74) is 0.308. The summed E-state index contributed by atoms with van der Waals surface area (Å²) in [6.07, 6.45) is 0. The second-order valence-electron chi connectivity index (χ2n) is 5.19. The maximum Gasteiger partial charge on any atom is 0.291 e. The van der Waals surface area contributed by atoms with Crippen LogP contribution in [0.25, 0.3) is 0 Å². The number of hydrogen-bond acceptors (Lipinski definition) is 8. The molecule has 1 amide bonds. The summed E-state index contributed by atoms with van der Waals surface area (Å²) < 4.78 is 37.2. The van der Waals surface area contributed by atoms with E-state index in [1.54, 1.807) is 26.0 Å². The first kappa shape index (κ1) is 16.5. The van der Waals surface area contributed by atoms with Gasteiger partial charge in [0.1, 0.15) is 0 Å². The van der Waals surface area contributed by atoms with Gasteiger partial charge in [-0.15, -0.1) is 10.2 Å². The molecule has 24 heavy (non-hydrogen) atoms. The molecule has 3 rings (SSSR count). The van der Waals surface area contributed by atoms with E-state index in [1.807, 2.05) is 0 Å². The predicted molar refractivity (Wildman–Crippen MR) is 86.8 cm³/mol. The normalized spacial score (nSPS) is 13.1. The smallest absolute Gasteiger partial charge is 0.291 e. The monoisotopic (exact) mass is 370 g/mol. The van der Waals surface area contributed by atoms with Gasteiger partial charge in [-0.1, -0.05) is 25.2 Å². The van der Waals surface area contributed by atoms with Crippen LogP contribution in [0.5, 0.6) is 11.5 Å². The Hall–Kier alpha value is -2.40. The van der Waals surface area contributed by atoms with Crippen molar-refractivity contribution in [2.45, 2.75) is 18.2 Å². The Morgan fingerprint density at radius 3 is 2.75 bits per heavy atom. The van der Waals surface area contributed by atoms with E-state index < -0.39 is 10.0 Å². The molecule has 0 unspecified atom stereocenters. The summed E-state index contributed by atoms with van der Waals surface area (Å²) in [4.78, 5) is 11.6. The first-order valence-electron chi connectivity index (χ1n) is 6.92. The van der Waals surface area contributed by atoms with Crippen LogP contribution in [-0.4, -0.2) is 31.3 Å². The highest BCUT2D eigenvalue weighted by molar-refractivity contribution is 7.94. The summed E-state index contributed by atoms with van der Waals surface area (Å²) in [7, 11) is -3.92. The molecule has 1 aromatic carbocycles. The molecule has 0 bridgehead atoms. The summed E-state index contributed by atoms with van der Waals surface area (Å²) in [6, 6.07) is 4.67. The van der Waals surface area contributed by atoms with Gasteiger partial charge in [-0.05, 0) is 12.1 Å². The summed E-state index contributed by atoms with van der Waals surface area (Å²) in [5, 5.41) is 9.93. The van der Waals surface area contributed by atoms with E-state index >= 15 is 0 Å². The van der Waals surface area contributed by atoms with Gasteiger partial charge in [0.05, 0.1) is 5.69 Å². The highest BCUT2D eigenvalue weighted by Gasteiger charge is 2.23. The Morgan fingerprint density at radius 2 is 2.00 bits per heavy atom. The van der Waals surface area contributed by atoms with Crippen LogP contribution in [0.1, 0.15) is 13.8 Å². The third-order valence-corrected chi connectivity index (χ3v) is 5.60. The highest BCUT2D eigenvalue weighted by Crippen LogP contribution is 2.35. The lowest BCUT2D eigenvalue weighted by molar-refractivity contribution is -0.118. The van der Waals surface area contributed by atoms with Crippen LogP contribution in [0, 0.1) is 5.92 Å². The van der Waals surface area contributed by atoms with Crippen molar-refractivity contribution in [3.05, 3.63) is 18.2 Å². The first-order valence-corrected chi connectivity index (χ1v) is 9.22. The summed E-state index contributed by atoms with van der Waals surface area (Å²) in [5.74, 6) is 0.490. The zero-order chi connectivity index (χ0) is 17.3. The molecule has 1 aromatic heterocycles. The van der Waals surface area contributed by atoms with Gasteiger partial charge in [-0.2, -0.15) is 8.42 Å². The van der Waals surface area contributed by atoms with Crippen molar-refractivity contribution in [1.29, 1.82) is 0 Å². The number of nitrogens with zero attached hydrogens (tertiary/aromatic N) is 2. The van der Waals surface area contributed by atoms with Gasteiger partial charge < -0.3 is 14.8 Å². The Bertz CT molecular complexity index is 878. The maximum absolute atomic E-state index is 12.3. The number of nitrogens with one attached hydrogen (secondary N) is 2. The van der Waals surface area contributed by atoms with Crippen LogP contribution < -0.4 is 19.5 Å². The first-order chi connectivity index (χ1) is 11.3. The summed E-state index contributed by atoms with van der Waals surface area (Å²) in [6.45, 7) is 3.53. The quantitative estimate of drug-likeness (QED) is 0.768. The second-order valence-corrected chi connectivity index (χ2v) is 8.02. The molecule has 0 radical (unpaired) electrons. The molecule has 0 spiro atoms. The fourth-order valence-corrected chi connectivity index (χ4v) is 3.73. The van der Waals surface area contributed by atoms with Crippen LogP contribution in [0.3, 0.4) is 0 Å². The zero-order valence-electron chi connectivity index (χ0n) is 12.8. The predicted octanol–water partition coefficient (Wildman–Crippen LogP) is 1.66. The molecule has 0 atom stereocenters. The lowest BCUT2D eigenvalue weighted by Crippen LogP contribution is -2.17. The van der Waals surface area contributed by atoms with Crippen LogP contribution in [0.15, 0.2) is 22.5 Å². The molecule has 1 aliphatic heterocycles. The molecular formula is C13H14N4O5S2. The van der Waals surface area contributed by atoms with Crippen LogP contribution >= 0.6 is 11.3 Å². The SMILES string of the molecule is CC(C)C(=O)Nc1nnc(S(=O)(=O)Nc2ccc3c(c2)OCO3)s1. The van der Waals surface area contributed by atoms with Crippen molar-refractivity contribution in [2.24, 2.45) is 5.92 Å². The number of hydrogen-bond donors (Lipinski definition) is 2. The second kappa shape index (κ2) is 6.24. The van der Waals surface area contributed by atoms with Crippen LogP contribution in [-0.2, 0) is 14.8 Å². The maximum atomic E-state index is 12.3. The Morgan fingerprint density at radius 1 is 1.25 bits per heavy atom. The van der Waals surface area contributed by atoms with Crippen LogP contribution in [0.2, 0.25) is 0 Å². The fraction of sp³-hybridized carbons (Fsp3) is 0.308. The molecule has 128 valence electrons. The number of carbonyl (C=O) groups is 1. The van der Waals surface area contributed by atoms with Crippen molar-refractivity contribution < 1.29 is 22.7 Å². The molecule has 1 aliphatic rings. The molecule has 0 fully saturated rings. The Balaban J connectivity index is 1.76. The molecule has 2 aromatic rings. The molecule has 2 heterocycles. The van der Waals surface area contributed by atoms with Crippen molar-refractivity contribution in [3.63, 3.8) is 0 Å². The van der Waals surface area contributed by atoms with E-state index in [-0.39, 0.29) is 28.1 Å². The van der Waals surface area contributed by atoms with Gasteiger partial charge >= 0.3 is 0 Å². The number of sulfonamides is 1. The largest absolute Gasteiger partial charge is 0.454 e. The topological polar surface area (TPSA) is 120 Å². The number of ether oxygens (including phenoxy) is 2. The molecule has 2 N–H and O–H groups in total. The van der Waals surface area contributed by atoms with Gasteiger partial charge in [0.15, 0.2) is 11.5 Å². The molecule has 0 saturated heterocycles. The van der Waals surface area contributed by atoms with E-state index in [1.165, 1.54) is 6.07 Å². The van der Waals surface area contributed by atoms with Crippen molar-refractivity contribution >= 4 is 38.1 Å². The number of amides is 1. The Kier molecular flexibility index (Phi) is 4.28. The van der Waals surface area contributed by atoms with E-state index in [9.17, 15) is 13.2 Å². The zero-order valence-corrected chi connectivity index (χ0v) is 14.4. The number of anilines is 2. The third-order valence-electron chi connectivity index (χ3n) is 3.02. The van der Waals surface area contributed by atoms with E-state index in [4.69, 9.17) is 9.47 Å². The molecule has 9 nitrogen and oxygen atoms in total. The standard InChI is InChI=1S/C13H14N4O5S2/c1-7(2)11(18)14-12-15-16-13(23-12)24(19,20)17-8-3-4-9-10(5-8)22-6-21-9/h3-5,7,17H,6H2,1-2H3,(H,14,15,18). The number of carbonyl (C=O) groups excluding carboxylic acids is 1. The average Bonchev–Trinajstić information content (AvgIpc) is 3.15. The van der Waals surface area contributed by atoms with Gasteiger partial charge in [0, 0.05) is 12.0 Å². The molecule has 0 aliphatic carbocycles. The van der Waals surface area contributed by atoms with E-state index in [0.717, 1.165) is 11.3 Å². The minimum Gasteiger partial charge on any atom is -0.454 e. The van der Waals surface area contributed by atoms with Crippen molar-refractivity contribution in [3.8, 4) is 11.5 Å². The van der Waals surface area contributed by atoms with Crippen LogP contribution in [0.4, 0.5) is 10.8 Å². The lowest BCUT2D eigenvalue weighted by atomic mass is 10.2. The fourth-order valence-electron chi connectivity index (χ4n) is 1.78. The van der Waals surface area contributed by atoms with Crippen molar-refractivity contribution in [2.75, 3.05) is 16.8 Å². The minimum absolute atomic E-state index is 0.0981. The lowest BCUT2D eigenvalue weighted by Gasteiger charge is -2.05. The minimum atomic E-state index is -3.92. The average molecular weight is 370 g/mol. The molecule has 0 saturated carbocycles. The number of rotatable bonds is 5. The molecular weight excluding hydrogens is 356 g/mol. The van der Waals surface area contributed by atoms with E-state index in [2.05, 4.69) is 20.2 Å². The summed E-state index contributed by atoms with van der Waals surface area (Å²) >= 11 is 0.770. The van der Waals surface area contributed by atoms with Gasteiger partial charge in [-0.25, -0.2) is 0 Å². The van der Waals surface area contributed by atoms with Gasteiger partial charge in [-0.3, -0.25) is 9.52 Å². The van der Waals surface area contributed by atoms with Crippen molar-refractivity contribution in [1.82, 2.24) is 10.2 Å². The van der Waals surface area contributed by atoms with E-state index in [0.29, 0.717) is 17.2 Å². The number of benzene rings is 1. The van der Waals surface area contributed by atoms with Gasteiger partial charge in [0.2, 0.25) is 17.8 Å². The Labute approximate surface area is 142 Å². The highest BCUT2D eigenvalue weighted by atomic mass is 32.2.